The SMILES string of the molecule is CCNC(=NCC1(C)CCCO1)NCCc1cn2ccccc2n1.I. The van der Waals surface area contributed by atoms with Crippen molar-refractivity contribution in [1.29, 1.82) is 0 Å². The Bertz CT molecular complexity index is 661. The summed E-state index contributed by atoms with van der Waals surface area (Å²) in [5, 5.41) is 6.68. The first-order valence-corrected chi connectivity index (χ1v) is 8.77. The van der Waals surface area contributed by atoms with Crippen LogP contribution in [-0.2, 0) is 11.2 Å². The van der Waals surface area contributed by atoms with Crippen LogP contribution in [0.15, 0.2) is 35.6 Å². The third kappa shape index (κ3) is 5.57. The molecule has 0 aromatic carbocycles. The lowest BCUT2D eigenvalue weighted by molar-refractivity contribution is 0.0283. The maximum absolute atomic E-state index is 5.80. The Morgan fingerprint density at radius 2 is 2.28 bits per heavy atom. The van der Waals surface area contributed by atoms with Gasteiger partial charge < -0.3 is 19.8 Å². The molecule has 138 valence electrons. The van der Waals surface area contributed by atoms with Crippen molar-refractivity contribution >= 4 is 35.6 Å². The van der Waals surface area contributed by atoms with Gasteiger partial charge >= 0.3 is 0 Å². The standard InChI is InChI=1S/C18H27N5O.HI/c1-3-19-17(21-14-18(2)9-6-12-24-18)20-10-8-15-13-23-11-5-4-7-16(23)22-15;/h4-5,7,11,13H,3,6,8-10,12,14H2,1-2H3,(H2,19,20,21);1H. The lowest BCUT2D eigenvalue weighted by atomic mass is 10.0. The number of rotatable bonds is 6. The summed E-state index contributed by atoms with van der Waals surface area (Å²) in [6.07, 6.45) is 7.17. The van der Waals surface area contributed by atoms with Gasteiger partial charge in [-0.1, -0.05) is 6.07 Å². The highest BCUT2D eigenvalue weighted by molar-refractivity contribution is 14.0. The second kappa shape index (κ2) is 9.38. The molecule has 1 atom stereocenters. The Hall–Kier alpha value is -1.35. The lowest BCUT2D eigenvalue weighted by Gasteiger charge is -2.21. The zero-order valence-corrected chi connectivity index (χ0v) is 17.3. The predicted molar refractivity (Wildman–Crippen MR) is 112 cm³/mol. The summed E-state index contributed by atoms with van der Waals surface area (Å²) in [4.78, 5) is 9.30. The van der Waals surface area contributed by atoms with Crippen LogP contribution in [0.4, 0.5) is 0 Å². The number of halogens is 1. The van der Waals surface area contributed by atoms with Crippen LogP contribution in [0, 0.1) is 0 Å². The largest absolute Gasteiger partial charge is 0.373 e. The van der Waals surface area contributed by atoms with E-state index in [1.165, 1.54) is 0 Å². The second-order valence-corrected chi connectivity index (χ2v) is 6.47. The molecule has 0 amide bonds. The minimum atomic E-state index is -0.107. The van der Waals surface area contributed by atoms with Crippen molar-refractivity contribution in [2.45, 2.75) is 38.7 Å². The summed E-state index contributed by atoms with van der Waals surface area (Å²) < 4.78 is 7.85. The number of hydrogen-bond acceptors (Lipinski definition) is 3. The number of guanidine groups is 1. The van der Waals surface area contributed by atoms with Gasteiger partial charge in [-0.2, -0.15) is 0 Å². The normalized spacial score (nSPS) is 20.5. The molecule has 3 heterocycles. The fourth-order valence-corrected chi connectivity index (χ4v) is 2.97. The van der Waals surface area contributed by atoms with Crippen molar-refractivity contribution < 1.29 is 4.74 Å². The van der Waals surface area contributed by atoms with E-state index in [0.29, 0.717) is 6.54 Å². The number of aromatic nitrogens is 2. The van der Waals surface area contributed by atoms with Crippen molar-refractivity contribution in [2.24, 2.45) is 4.99 Å². The molecule has 2 aromatic heterocycles. The van der Waals surface area contributed by atoms with E-state index >= 15 is 0 Å². The zero-order valence-electron chi connectivity index (χ0n) is 15.0. The van der Waals surface area contributed by atoms with Gasteiger partial charge in [0, 0.05) is 38.5 Å². The molecule has 0 spiro atoms. The van der Waals surface area contributed by atoms with Gasteiger partial charge in [0.25, 0.3) is 0 Å². The maximum Gasteiger partial charge on any atom is 0.191 e. The summed E-state index contributed by atoms with van der Waals surface area (Å²) in [6.45, 7) is 7.41. The third-order valence-corrected chi connectivity index (χ3v) is 4.30. The molecule has 2 N–H and O–H groups in total. The van der Waals surface area contributed by atoms with Crippen LogP contribution in [-0.4, -0.2) is 47.2 Å². The number of ether oxygens (including phenoxy) is 1. The first-order chi connectivity index (χ1) is 11.7. The molecule has 1 aliphatic heterocycles. The van der Waals surface area contributed by atoms with Crippen LogP contribution >= 0.6 is 24.0 Å². The Kier molecular flexibility index (Phi) is 7.49. The molecule has 7 heteroatoms. The van der Waals surface area contributed by atoms with E-state index in [4.69, 9.17) is 4.74 Å². The molecule has 3 rings (SSSR count). The number of pyridine rings is 1. The first kappa shape index (κ1) is 20.0. The maximum atomic E-state index is 5.80. The molecule has 25 heavy (non-hydrogen) atoms. The molecule has 0 radical (unpaired) electrons. The van der Waals surface area contributed by atoms with E-state index < -0.39 is 0 Å². The predicted octanol–water partition coefficient (Wildman–Crippen LogP) is 2.62. The van der Waals surface area contributed by atoms with Crippen LogP contribution in [0.5, 0.6) is 0 Å². The minimum absolute atomic E-state index is 0. The number of nitrogens with one attached hydrogen (secondary N) is 2. The fraction of sp³-hybridized carbons (Fsp3) is 0.556. The van der Waals surface area contributed by atoms with E-state index in [1.54, 1.807) is 0 Å². The molecule has 1 fully saturated rings. The average Bonchev–Trinajstić information content (AvgIpc) is 3.19. The number of nitrogens with zero attached hydrogens (tertiary/aromatic N) is 3. The Morgan fingerprint density at radius 3 is 3.00 bits per heavy atom. The topological polar surface area (TPSA) is 63.0 Å². The zero-order chi connectivity index (χ0) is 16.8. The Labute approximate surface area is 166 Å². The molecule has 0 aliphatic carbocycles. The second-order valence-electron chi connectivity index (χ2n) is 6.47. The Morgan fingerprint density at radius 1 is 1.40 bits per heavy atom. The fourth-order valence-electron chi connectivity index (χ4n) is 2.97. The molecule has 2 aromatic rings. The van der Waals surface area contributed by atoms with Crippen molar-refractivity contribution in [1.82, 2.24) is 20.0 Å². The highest BCUT2D eigenvalue weighted by atomic mass is 127. The van der Waals surface area contributed by atoms with Gasteiger partial charge in [-0.3, -0.25) is 4.99 Å². The molecule has 0 saturated carbocycles. The lowest BCUT2D eigenvalue weighted by Crippen LogP contribution is -2.40. The van der Waals surface area contributed by atoms with E-state index in [0.717, 1.165) is 56.3 Å². The molecular weight excluding hydrogens is 429 g/mol. The van der Waals surface area contributed by atoms with Crippen LogP contribution in [0.1, 0.15) is 32.4 Å². The van der Waals surface area contributed by atoms with E-state index in [1.807, 2.05) is 28.8 Å². The van der Waals surface area contributed by atoms with Gasteiger partial charge in [0.15, 0.2) is 5.96 Å². The molecule has 0 bridgehead atoms. The summed E-state index contributed by atoms with van der Waals surface area (Å²) in [7, 11) is 0. The molecular formula is C18H28IN5O. The Balaban J connectivity index is 0.00000225. The first-order valence-electron chi connectivity index (χ1n) is 8.77. The van der Waals surface area contributed by atoms with Gasteiger partial charge in [0.2, 0.25) is 0 Å². The third-order valence-electron chi connectivity index (χ3n) is 4.30. The van der Waals surface area contributed by atoms with Crippen LogP contribution in [0.3, 0.4) is 0 Å². The highest BCUT2D eigenvalue weighted by Gasteiger charge is 2.29. The minimum Gasteiger partial charge on any atom is -0.373 e. The van der Waals surface area contributed by atoms with Crippen molar-refractivity contribution in [3.63, 3.8) is 0 Å². The summed E-state index contributed by atoms with van der Waals surface area (Å²) in [5.41, 5.74) is 1.96. The number of hydrogen-bond donors (Lipinski definition) is 2. The van der Waals surface area contributed by atoms with E-state index in [2.05, 4.69) is 40.7 Å². The smallest absolute Gasteiger partial charge is 0.191 e. The van der Waals surface area contributed by atoms with Crippen molar-refractivity contribution in [3.05, 3.63) is 36.3 Å². The monoisotopic (exact) mass is 457 g/mol. The van der Waals surface area contributed by atoms with Crippen molar-refractivity contribution in [2.75, 3.05) is 26.2 Å². The van der Waals surface area contributed by atoms with Gasteiger partial charge in [-0.25, -0.2) is 4.98 Å². The van der Waals surface area contributed by atoms with E-state index in [9.17, 15) is 0 Å². The van der Waals surface area contributed by atoms with Gasteiger partial charge in [0.05, 0.1) is 17.8 Å². The van der Waals surface area contributed by atoms with Gasteiger partial charge in [-0.15, -0.1) is 24.0 Å². The number of fused-ring (bicyclic) bond motifs is 1. The molecule has 1 unspecified atom stereocenters. The van der Waals surface area contributed by atoms with Crippen LogP contribution < -0.4 is 10.6 Å². The number of aliphatic imine (C=N–C) groups is 1. The summed E-state index contributed by atoms with van der Waals surface area (Å²) >= 11 is 0. The number of imidazole rings is 1. The molecule has 1 aliphatic rings. The summed E-state index contributed by atoms with van der Waals surface area (Å²) in [6, 6.07) is 6.04. The molecule has 6 nitrogen and oxygen atoms in total. The van der Waals surface area contributed by atoms with Gasteiger partial charge in [0.1, 0.15) is 5.65 Å². The van der Waals surface area contributed by atoms with Crippen LogP contribution in [0.2, 0.25) is 0 Å². The summed E-state index contributed by atoms with van der Waals surface area (Å²) in [5.74, 6) is 0.845. The van der Waals surface area contributed by atoms with E-state index in [-0.39, 0.29) is 29.6 Å². The average molecular weight is 457 g/mol. The quantitative estimate of drug-likeness (QED) is 0.398. The highest BCUT2D eigenvalue weighted by Crippen LogP contribution is 2.24. The van der Waals surface area contributed by atoms with Crippen molar-refractivity contribution in [3.8, 4) is 0 Å². The van der Waals surface area contributed by atoms with Gasteiger partial charge in [-0.05, 0) is 38.8 Å². The van der Waals surface area contributed by atoms with Crippen LogP contribution in [0.25, 0.3) is 5.65 Å². The molecule has 1 saturated heterocycles.